The van der Waals surface area contributed by atoms with Gasteiger partial charge in [-0.2, -0.15) is 0 Å². The highest BCUT2D eigenvalue weighted by atomic mass is 19.1. The molecule has 0 amide bonds. The molecule has 0 aliphatic heterocycles. The standard InChI is InChI=1S/C17H20F2N2/c1-11-8-17(15(12(2)20)9-16(11)19)21(3)10-13-4-6-14(18)7-5-13/h4-9,12H,10,20H2,1-3H3/t12-/m0/s1. The third-order valence-corrected chi connectivity index (χ3v) is 3.54. The molecule has 0 unspecified atom stereocenters. The molecule has 21 heavy (non-hydrogen) atoms. The lowest BCUT2D eigenvalue weighted by Gasteiger charge is -2.25. The molecule has 0 aliphatic rings. The zero-order valence-electron chi connectivity index (χ0n) is 12.5. The first kappa shape index (κ1) is 15.4. The molecule has 0 saturated heterocycles. The lowest BCUT2D eigenvalue weighted by Crippen LogP contribution is -2.20. The third-order valence-electron chi connectivity index (χ3n) is 3.54. The Bertz CT molecular complexity index is 621. The van der Waals surface area contributed by atoms with Gasteiger partial charge in [0.05, 0.1) is 0 Å². The quantitative estimate of drug-likeness (QED) is 0.924. The van der Waals surface area contributed by atoms with E-state index in [-0.39, 0.29) is 17.7 Å². The lowest BCUT2D eigenvalue weighted by atomic mass is 10.0. The fraction of sp³-hybridized carbons (Fsp3) is 0.294. The minimum Gasteiger partial charge on any atom is -0.370 e. The molecule has 112 valence electrons. The molecule has 1 atom stereocenters. The first-order valence-corrected chi connectivity index (χ1v) is 6.89. The van der Waals surface area contributed by atoms with Gasteiger partial charge in [0.1, 0.15) is 11.6 Å². The number of benzene rings is 2. The van der Waals surface area contributed by atoms with Crippen molar-refractivity contribution in [2.24, 2.45) is 5.73 Å². The summed E-state index contributed by atoms with van der Waals surface area (Å²) in [5.41, 5.74) is 9.17. The minimum absolute atomic E-state index is 0.249. The van der Waals surface area contributed by atoms with Crippen LogP contribution in [0.15, 0.2) is 36.4 Å². The number of anilines is 1. The molecule has 0 bridgehead atoms. The van der Waals surface area contributed by atoms with E-state index in [1.165, 1.54) is 18.2 Å². The second-order valence-corrected chi connectivity index (χ2v) is 5.43. The molecule has 0 fully saturated rings. The Balaban J connectivity index is 2.31. The zero-order chi connectivity index (χ0) is 15.6. The summed E-state index contributed by atoms with van der Waals surface area (Å²) in [6, 6.07) is 9.40. The van der Waals surface area contributed by atoms with Crippen molar-refractivity contribution in [3.8, 4) is 0 Å². The molecular formula is C17H20F2N2. The number of aryl methyl sites for hydroxylation is 1. The number of nitrogens with zero attached hydrogens (tertiary/aromatic N) is 1. The number of rotatable bonds is 4. The highest BCUT2D eigenvalue weighted by molar-refractivity contribution is 5.56. The van der Waals surface area contributed by atoms with Gasteiger partial charge in [-0.3, -0.25) is 0 Å². The number of hydrogen-bond acceptors (Lipinski definition) is 2. The Labute approximate surface area is 124 Å². The van der Waals surface area contributed by atoms with Crippen LogP contribution in [-0.4, -0.2) is 7.05 Å². The maximum atomic E-state index is 13.7. The van der Waals surface area contributed by atoms with E-state index >= 15 is 0 Å². The average molecular weight is 290 g/mol. The molecule has 0 heterocycles. The van der Waals surface area contributed by atoms with Crippen molar-refractivity contribution in [2.45, 2.75) is 26.4 Å². The van der Waals surface area contributed by atoms with Gasteiger partial charge in [-0.25, -0.2) is 8.78 Å². The van der Waals surface area contributed by atoms with Crippen LogP contribution in [0.1, 0.15) is 29.7 Å². The summed E-state index contributed by atoms with van der Waals surface area (Å²) in [6.45, 7) is 4.17. The molecule has 2 aromatic carbocycles. The number of halogens is 2. The van der Waals surface area contributed by atoms with E-state index in [2.05, 4.69) is 0 Å². The number of nitrogens with two attached hydrogens (primary N) is 1. The van der Waals surface area contributed by atoms with E-state index in [0.29, 0.717) is 12.1 Å². The summed E-state index contributed by atoms with van der Waals surface area (Å²) in [5.74, 6) is -0.503. The Morgan fingerprint density at radius 1 is 1.14 bits per heavy atom. The summed E-state index contributed by atoms with van der Waals surface area (Å²) in [6.07, 6.45) is 0. The highest BCUT2D eigenvalue weighted by Gasteiger charge is 2.14. The van der Waals surface area contributed by atoms with Gasteiger partial charge in [0, 0.05) is 25.3 Å². The summed E-state index contributed by atoms with van der Waals surface area (Å²) in [5, 5.41) is 0. The largest absolute Gasteiger partial charge is 0.370 e. The van der Waals surface area contributed by atoms with Crippen LogP contribution < -0.4 is 10.6 Å². The fourth-order valence-electron chi connectivity index (χ4n) is 2.33. The highest BCUT2D eigenvalue weighted by Crippen LogP contribution is 2.28. The minimum atomic E-state index is -0.259. The fourth-order valence-corrected chi connectivity index (χ4v) is 2.33. The van der Waals surface area contributed by atoms with E-state index in [4.69, 9.17) is 5.73 Å². The smallest absolute Gasteiger partial charge is 0.126 e. The molecule has 4 heteroatoms. The van der Waals surface area contributed by atoms with Crippen molar-refractivity contribution in [2.75, 3.05) is 11.9 Å². The maximum Gasteiger partial charge on any atom is 0.126 e. The molecule has 2 rings (SSSR count). The summed E-state index contributed by atoms with van der Waals surface area (Å²) < 4.78 is 26.7. The van der Waals surface area contributed by atoms with Gasteiger partial charge in [-0.15, -0.1) is 0 Å². The van der Waals surface area contributed by atoms with E-state index in [1.807, 2.05) is 18.9 Å². The predicted octanol–water partition coefficient (Wildman–Crippen LogP) is 3.93. The second-order valence-electron chi connectivity index (χ2n) is 5.43. The van der Waals surface area contributed by atoms with E-state index in [0.717, 1.165) is 16.8 Å². The molecule has 0 saturated carbocycles. The van der Waals surface area contributed by atoms with Gasteiger partial charge >= 0.3 is 0 Å². The van der Waals surface area contributed by atoms with E-state index < -0.39 is 0 Å². The molecule has 0 spiro atoms. The molecule has 0 radical (unpaired) electrons. The zero-order valence-corrected chi connectivity index (χ0v) is 12.5. The molecule has 0 aromatic heterocycles. The van der Waals surface area contributed by atoms with Crippen LogP contribution in [0.25, 0.3) is 0 Å². The predicted molar refractivity (Wildman–Crippen MR) is 82.2 cm³/mol. The molecule has 2 N–H and O–H groups in total. The van der Waals surface area contributed by atoms with Gasteiger partial charge in [-0.05, 0) is 54.8 Å². The van der Waals surface area contributed by atoms with E-state index in [1.54, 1.807) is 25.1 Å². The Morgan fingerprint density at radius 3 is 2.33 bits per heavy atom. The molecule has 2 nitrogen and oxygen atoms in total. The summed E-state index contributed by atoms with van der Waals surface area (Å²) >= 11 is 0. The average Bonchev–Trinajstić information content (AvgIpc) is 2.43. The molecule has 2 aromatic rings. The Hall–Kier alpha value is -1.94. The Morgan fingerprint density at radius 2 is 1.76 bits per heavy atom. The van der Waals surface area contributed by atoms with E-state index in [9.17, 15) is 8.78 Å². The molecular weight excluding hydrogens is 270 g/mol. The second kappa shape index (κ2) is 6.22. The first-order valence-electron chi connectivity index (χ1n) is 6.89. The Kier molecular flexibility index (Phi) is 4.58. The van der Waals surface area contributed by atoms with Crippen molar-refractivity contribution >= 4 is 5.69 Å². The lowest BCUT2D eigenvalue weighted by molar-refractivity contribution is 0.612. The maximum absolute atomic E-state index is 13.7. The van der Waals surface area contributed by atoms with Crippen LogP contribution in [0, 0.1) is 18.6 Å². The van der Waals surface area contributed by atoms with Crippen LogP contribution in [0.5, 0.6) is 0 Å². The van der Waals surface area contributed by atoms with Crippen molar-refractivity contribution in [3.05, 3.63) is 64.7 Å². The van der Waals surface area contributed by atoms with Gasteiger partial charge < -0.3 is 10.6 Å². The van der Waals surface area contributed by atoms with Crippen LogP contribution >= 0.6 is 0 Å². The van der Waals surface area contributed by atoms with Crippen LogP contribution in [-0.2, 0) is 6.54 Å². The van der Waals surface area contributed by atoms with Gasteiger partial charge in [0.15, 0.2) is 0 Å². The summed E-state index contributed by atoms with van der Waals surface area (Å²) in [7, 11) is 1.92. The number of hydrogen-bond donors (Lipinski definition) is 1. The van der Waals surface area contributed by atoms with Crippen molar-refractivity contribution in [1.82, 2.24) is 0 Å². The molecule has 0 aliphatic carbocycles. The van der Waals surface area contributed by atoms with Gasteiger partial charge in [0.25, 0.3) is 0 Å². The van der Waals surface area contributed by atoms with Crippen molar-refractivity contribution < 1.29 is 8.78 Å². The van der Waals surface area contributed by atoms with Crippen LogP contribution in [0.4, 0.5) is 14.5 Å². The van der Waals surface area contributed by atoms with Crippen molar-refractivity contribution in [3.63, 3.8) is 0 Å². The SMILES string of the molecule is Cc1cc(N(C)Cc2ccc(F)cc2)c([C@H](C)N)cc1F. The van der Waals surface area contributed by atoms with Gasteiger partial charge in [0.2, 0.25) is 0 Å². The normalized spacial score (nSPS) is 12.3. The summed E-state index contributed by atoms with van der Waals surface area (Å²) in [4.78, 5) is 2.00. The first-order chi connectivity index (χ1) is 9.88. The monoisotopic (exact) mass is 290 g/mol. The van der Waals surface area contributed by atoms with Crippen LogP contribution in [0.2, 0.25) is 0 Å². The third kappa shape index (κ3) is 3.58. The topological polar surface area (TPSA) is 29.3 Å². The van der Waals surface area contributed by atoms with Crippen LogP contribution in [0.3, 0.4) is 0 Å². The van der Waals surface area contributed by atoms with Crippen molar-refractivity contribution in [1.29, 1.82) is 0 Å². The van der Waals surface area contributed by atoms with Gasteiger partial charge in [-0.1, -0.05) is 12.1 Å².